The van der Waals surface area contributed by atoms with E-state index in [9.17, 15) is 30.6 Å². The summed E-state index contributed by atoms with van der Waals surface area (Å²) in [7, 11) is -10.7. The molecule has 0 saturated carbocycles. The topological polar surface area (TPSA) is 40.6 Å². The number of rotatable bonds is 17. The summed E-state index contributed by atoms with van der Waals surface area (Å²) in [5, 5.41) is 9.32. The predicted molar refractivity (Wildman–Crippen MR) is 135 cm³/mol. The van der Waals surface area contributed by atoms with E-state index in [2.05, 4.69) is 42.8 Å². The van der Waals surface area contributed by atoms with E-state index in [1.54, 1.807) is 0 Å². The minimum absolute atomic E-state index is 0.524. The van der Waals surface area contributed by atoms with Crippen LogP contribution in [0.25, 0.3) is 4.98 Å². The molecular weight excluding hydrogens is 491 g/mol. The molecule has 1 aromatic rings. The number of diazo groups is 1. The van der Waals surface area contributed by atoms with Crippen molar-refractivity contribution >= 4 is 19.2 Å². The van der Waals surface area contributed by atoms with Crippen LogP contribution in [-0.2, 0) is 0 Å². The number of unbranched alkanes of at least 4 members (excludes halogenated alkanes) is 9. The molecule has 0 heterocycles. The zero-order valence-corrected chi connectivity index (χ0v) is 22.2. The van der Waals surface area contributed by atoms with Gasteiger partial charge in [0, 0.05) is 30.9 Å². The summed E-state index contributed by atoms with van der Waals surface area (Å²) in [5.74, 6) is 0.698. The first kappa shape index (κ1) is 33.2. The molecule has 0 aliphatic heterocycles. The summed E-state index contributed by atoms with van der Waals surface area (Å²) in [4.78, 5) is 5.90. The second-order valence-electron chi connectivity index (χ2n) is 8.73. The third kappa shape index (κ3) is 22.5. The van der Waals surface area contributed by atoms with Gasteiger partial charge in [-0.2, -0.15) is 0 Å². The Morgan fingerprint density at radius 1 is 0.743 bits per heavy atom. The van der Waals surface area contributed by atoms with Crippen LogP contribution in [0.4, 0.5) is 36.6 Å². The number of hydrogen-bond donors (Lipinski definition) is 0. The van der Waals surface area contributed by atoms with Gasteiger partial charge in [-0.3, -0.25) is 0 Å². The van der Waals surface area contributed by atoms with Crippen LogP contribution in [-0.4, -0.2) is 19.7 Å². The summed E-state index contributed by atoms with van der Waals surface area (Å²) in [6.45, 7) is 9.56. The van der Waals surface area contributed by atoms with Gasteiger partial charge in [0.2, 0.25) is 11.1 Å². The van der Waals surface area contributed by atoms with Crippen LogP contribution in [0.3, 0.4) is 0 Å². The van der Waals surface area contributed by atoms with Gasteiger partial charge in [0.15, 0.2) is 4.98 Å². The van der Waals surface area contributed by atoms with Crippen LogP contribution in [0, 0.1) is 5.39 Å². The van der Waals surface area contributed by atoms with Gasteiger partial charge in [0.25, 0.3) is 0 Å². The van der Waals surface area contributed by atoms with Crippen molar-refractivity contribution in [1.29, 1.82) is 5.39 Å². The molecule has 206 valence electrons. The van der Waals surface area contributed by atoms with Gasteiger partial charge in [0.05, 0.1) is 6.61 Å². The molecule has 0 bridgehead atoms. The van der Waals surface area contributed by atoms with Gasteiger partial charge in [-0.15, -0.1) is 0 Å². The third-order valence-electron chi connectivity index (χ3n) is 5.23. The van der Waals surface area contributed by atoms with Gasteiger partial charge < -0.3 is 9.64 Å². The number of benzene rings is 1. The average molecular weight is 534 g/mol. The van der Waals surface area contributed by atoms with Gasteiger partial charge in [0.1, 0.15) is 0 Å². The van der Waals surface area contributed by atoms with E-state index in [0.717, 1.165) is 19.5 Å². The number of anilines is 1. The molecule has 4 nitrogen and oxygen atoms in total. The van der Waals surface area contributed by atoms with Crippen molar-refractivity contribution in [2.24, 2.45) is 0 Å². The first-order valence-corrected chi connectivity index (χ1v) is 14.7. The quantitative estimate of drug-likeness (QED) is 0.0865. The first-order chi connectivity index (χ1) is 16.2. The summed E-state index contributed by atoms with van der Waals surface area (Å²) in [6, 6.07) is 6.01. The number of halogens is 6. The molecule has 11 heteroatoms. The van der Waals surface area contributed by atoms with Crippen molar-refractivity contribution < 1.29 is 29.9 Å². The molecule has 0 amide bonds. The normalized spacial score (nSPS) is 13.1. The Balaban J connectivity index is 0.00000143. The van der Waals surface area contributed by atoms with E-state index < -0.39 is 7.81 Å². The summed E-state index contributed by atoms with van der Waals surface area (Å²) < 4.78 is 65.2. The third-order valence-corrected chi connectivity index (χ3v) is 5.23. The van der Waals surface area contributed by atoms with Crippen LogP contribution in [0.2, 0.25) is 0 Å². The molecule has 1 rings (SSSR count). The van der Waals surface area contributed by atoms with Crippen molar-refractivity contribution in [3.8, 4) is 5.75 Å². The van der Waals surface area contributed by atoms with Gasteiger partial charge in [-0.25, -0.2) is 0 Å². The van der Waals surface area contributed by atoms with E-state index in [1.807, 2.05) is 6.07 Å². The molecule has 0 aliphatic rings. The monoisotopic (exact) mass is 533 g/mol. The molecule has 0 fully saturated rings. The van der Waals surface area contributed by atoms with E-state index in [0.29, 0.717) is 18.0 Å². The summed E-state index contributed by atoms with van der Waals surface area (Å²) in [6.07, 6.45) is 14.8. The summed E-state index contributed by atoms with van der Waals surface area (Å²) in [5.41, 5.74) is 1.71. The van der Waals surface area contributed by atoms with E-state index >= 15 is 0 Å². The molecule has 0 aromatic heterocycles. The van der Waals surface area contributed by atoms with Crippen LogP contribution in [0.1, 0.15) is 97.8 Å². The Kier molecular flexibility index (Phi) is 14.6. The predicted octanol–water partition coefficient (Wildman–Crippen LogP) is 11.5. The zero-order valence-electron chi connectivity index (χ0n) is 21.3. The molecule has 0 aliphatic carbocycles. The maximum atomic E-state index is 9.87. The van der Waals surface area contributed by atoms with Crippen LogP contribution in [0.5, 0.6) is 5.75 Å². The van der Waals surface area contributed by atoms with Crippen molar-refractivity contribution in [2.45, 2.75) is 97.8 Å². The van der Waals surface area contributed by atoms with E-state index in [-0.39, 0.29) is 0 Å². The first-order valence-electron chi connectivity index (χ1n) is 12.6. The number of hydrogen-bond acceptors (Lipinski definition) is 3. The molecular formula is C24H42F6N3OP. The fourth-order valence-corrected chi connectivity index (χ4v) is 3.44. The Hall–Kier alpha value is -1.75. The van der Waals surface area contributed by atoms with E-state index in [4.69, 9.17) is 4.74 Å². The molecule has 0 saturated heterocycles. The number of nitrogens with zero attached hydrogens (tertiary/aromatic N) is 3. The van der Waals surface area contributed by atoms with Gasteiger partial charge >= 0.3 is 38.7 Å². The standard InChI is InChI=1S/C24H42N3O.F6P/c1-4-7-10-13-18-27(19-14-11-8-5-2)22-16-17-23(26-25)24(21-22)28-20-15-12-9-6-3;1-7(2,3,4,5)6/h16-17,21H,4-15,18-20H2,1-3H3;/q+1;-1. The SMILES string of the molecule is CCCCCCOc1cc(N(CCCCCC)CCCCCC)ccc1[N+]#N.F[P-](F)(F)(F)(F)F. The zero-order chi connectivity index (χ0) is 26.9. The van der Waals surface area contributed by atoms with Crippen LogP contribution in [0.15, 0.2) is 18.2 Å². The number of ether oxygens (including phenoxy) is 1. The Bertz CT molecular complexity index is 730. The Morgan fingerprint density at radius 3 is 1.63 bits per heavy atom. The molecule has 0 unspecified atom stereocenters. The molecule has 0 N–H and O–H groups in total. The molecule has 35 heavy (non-hydrogen) atoms. The molecule has 0 atom stereocenters. The fraction of sp³-hybridized carbons (Fsp3) is 0.750. The van der Waals surface area contributed by atoms with Gasteiger partial charge in [-0.05, 0) is 25.3 Å². The second kappa shape index (κ2) is 15.4. The fourth-order valence-electron chi connectivity index (χ4n) is 3.44. The minimum atomic E-state index is -10.7. The van der Waals surface area contributed by atoms with Crippen LogP contribution >= 0.6 is 7.81 Å². The van der Waals surface area contributed by atoms with Gasteiger partial charge in [-0.1, -0.05) is 78.6 Å². The average Bonchev–Trinajstić information content (AvgIpc) is 2.75. The Labute approximate surface area is 206 Å². The van der Waals surface area contributed by atoms with Crippen molar-refractivity contribution in [2.75, 3.05) is 24.6 Å². The summed E-state index contributed by atoms with van der Waals surface area (Å²) >= 11 is 0. The van der Waals surface area contributed by atoms with Crippen molar-refractivity contribution in [1.82, 2.24) is 0 Å². The van der Waals surface area contributed by atoms with E-state index in [1.165, 1.54) is 76.3 Å². The molecule has 0 spiro atoms. The molecule has 0 radical (unpaired) electrons. The second-order valence-corrected chi connectivity index (χ2v) is 10.6. The maximum absolute atomic E-state index is 10.7. The Morgan fingerprint density at radius 2 is 1.20 bits per heavy atom. The molecule has 1 aromatic carbocycles. The van der Waals surface area contributed by atoms with Crippen molar-refractivity contribution in [3.63, 3.8) is 0 Å². The van der Waals surface area contributed by atoms with Crippen LogP contribution < -0.4 is 9.64 Å². The van der Waals surface area contributed by atoms with Crippen molar-refractivity contribution in [3.05, 3.63) is 23.2 Å².